The molecule has 1 aromatic rings. The Morgan fingerprint density at radius 1 is 1.19 bits per heavy atom. The Hall–Kier alpha value is -1.36. The number of anilines is 1. The average Bonchev–Trinajstić information content (AvgIpc) is 2.49. The second-order valence-electron chi connectivity index (χ2n) is 5.58. The van der Waals surface area contributed by atoms with Gasteiger partial charge in [-0.25, -0.2) is 4.98 Å². The highest BCUT2D eigenvalue weighted by atomic mass is 16.5. The predicted octanol–water partition coefficient (Wildman–Crippen LogP) is 3.20. The van der Waals surface area contributed by atoms with E-state index in [0.29, 0.717) is 25.1 Å². The SMILES string of the molecule is CCCc1nc(NC2CCCCC2)cc(OCCOC)n1. The van der Waals surface area contributed by atoms with E-state index >= 15 is 0 Å². The maximum absolute atomic E-state index is 5.65. The van der Waals surface area contributed by atoms with Crippen LogP contribution in [0.3, 0.4) is 0 Å². The van der Waals surface area contributed by atoms with Crippen LogP contribution >= 0.6 is 0 Å². The van der Waals surface area contributed by atoms with E-state index in [2.05, 4.69) is 22.2 Å². The molecule has 21 heavy (non-hydrogen) atoms. The van der Waals surface area contributed by atoms with E-state index in [4.69, 9.17) is 9.47 Å². The monoisotopic (exact) mass is 293 g/mol. The average molecular weight is 293 g/mol. The molecule has 0 amide bonds. The van der Waals surface area contributed by atoms with Gasteiger partial charge in [-0.05, 0) is 19.3 Å². The van der Waals surface area contributed by atoms with Gasteiger partial charge in [0.2, 0.25) is 5.88 Å². The van der Waals surface area contributed by atoms with E-state index in [1.54, 1.807) is 7.11 Å². The molecule has 5 nitrogen and oxygen atoms in total. The first kappa shape index (κ1) is 16.0. The van der Waals surface area contributed by atoms with Gasteiger partial charge < -0.3 is 14.8 Å². The molecule has 1 aliphatic rings. The number of aryl methyl sites for hydroxylation is 1. The van der Waals surface area contributed by atoms with Crippen molar-refractivity contribution in [3.05, 3.63) is 11.9 Å². The van der Waals surface area contributed by atoms with Gasteiger partial charge in [-0.2, -0.15) is 4.98 Å². The molecule has 0 aromatic carbocycles. The first-order chi connectivity index (χ1) is 10.3. The molecule has 1 aliphatic carbocycles. The zero-order valence-electron chi connectivity index (χ0n) is 13.2. The Kier molecular flexibility index (Phi) is 6.73. The van der Waals surface area contributed by atoms with Crippen LogP contribution in [0.5, 0.6) is 5.88 Å². The molecular weight excluding hydrogens is 266 g/mol. The van der Waals surface area contributed by atoms with Crippen LogP contribution in [0.25, 0.3) is 0 Å². The van der Waals surface area contributed by atoms with Gasteiger partial charge in [-0.15, -0.1) is 0 Å². The Morgan fingerprint density at radius 3 is 2.71 bits per heavy atom. The summed E-state index contributed by atoms with van der Waals surface area (Å²) in [6.45, 7) is 3.22. The van der Waals surface area contributed by atoms with E-state index in [0.717, 1.165) is 24.5 Å². The summed E-state index contributed by atoms with van der Waals surface area (Å²) in [7, 11) is 1.67. The highest BCUT2D eigenvalue weighted by Crippen LogP contribution is 2.22. The molecule has 1 N–H and O–H groups in total. The van der Waals surface area contributed by atoms with E-state index in [9.17, 15) is 0 Å². The second kappa shape index (κ2) is 8.82. The number of nitrogens with one attached hydrogen (secondary N) is 1. The molecule has 1 heterocycles. The number of aromatic nitrogens is 2. The van der Waals surface area contributed by atoms with Crippen molar-refractivity contribution in [3.63, 3.8) is 0 Å². The number of methoxy groups -OCH3 is 1. The van der Waals surface area contributed by atoms with E-state index in [1.807, 2.05) is 6.07 Å². The van der Waals surface area contributed by atoms with Crippen LogP contribution in [-0.4, -0.2) is 36.3 Å². The molecule has 5 heteroatoms. The van der Waals surface area contributed by atoms with Crippen LogP contribution in [-0.2, 0) is 11.2 Å². The summed E-state index contributed by atoms with van der Waals surface area (Å²) in [5, 5.41) is 3.55. The molecule has 0 saturated heterocycles. The molecule has 0 atom stereocenters. The largest absolute Gasteiger partial charge is 0.475 e. The lowest BCUT2D eigenvalue weighted by atomic mass is 9.95. The van der Waals surface area contributed by atoms with Crippen LogP contribution in [0, 0.1) is 0 Å². The van der Waals surface area contributed by atoms with E-state index in [1.165, 1.54) is 32.1 Å². The Morgan fingerprint density at radius 2 is 2.00 bits per heavy atom. The smallest absolute Gasteiger partial charge is 0.218 e. The van der Waals surface area contributed by atoms with Crippen LogP contribution in [0.1, 0.15) is 51.3 Å². The van der Waals surface area contributed by atoms with E-state index < -0.39 is 0 Å². The fourth-order valence-electron chi connectivity index (χ4n) is 2.64. The number of hydrogen-bond donors (Lipinski definition) is 1. The third kappa shape index (κ3) is 5.50. The number of ether oxygens (including phenoxy) is 2. The molecular formula is C16H27N3O2. The van der Waals surface area contributed by atoms with Crippen molar-refractivity contribution in [2.75, 3.05) is 25.6 Å². The van der Waals surface area contributed by atoms with Crippen LogP contribution < -0.4 is 10.1 Å². The molecule has 1 fully saturated rings. The molecule has 1 aromatic heterocycles. The van der Waals surface area contributed by atoms with Crippen molar-refractivity contribution >= 4 is 5.82 Å². The molecule has 1 saturated carbocycles. The topological polar surface area (TPSA) is 56.3 Å². The maximum atomic E-state index is 5.65. The van der Waals surface area contributed by atoms with Gasteiger partial charge in [-0.3, -0.25) is 0 Å². The van der Waals surface area contributed by atoms with Crippen LogP contribution in [0.4, 0.5) is 5.82 Å². The van der Waals surface area contributed by atoms with Gasteiger partial charge >= 0.3 is 0 Å². The van der Waals surface area contributed by atoms with Crippen molar-refractivity contribution in [1.29, 1.82) is 0 Å². The zero-order chi connectivity index (χ0) is 14.9. The van der Waals surface area contributed by atoms with Gasteiger partial charge in [0.15, 0.2) is 0 Å². The molecule has 118 valence electrons. The van der Waals surface area contributed by atoms with Crippen molar-refractivity contribution < 1.29 is 9.47 Å². The van der Waals surface area contributed by atoms with Crippen molar-refractivity contribution in [2.24, 2.45) is 0 Å². The molecule has 0 aliphatic heterocycles. The third-order valence-electron chi connectivity index (χ3n) is 3.72. The minimum atomic E-state index is 0.516. The van der Waals surface area contributed by atoms with Gasteiger partial charge in [0.05, 0.1) is 6.61 Å². The minimum Gasteiger partial charge on any atom is -0.475 e. The first-order valence-corrected chi connectivity index (χ1v) is 8.08. The quantitative estimate of drug-likeness (QED) is 0.746. The van der Waals surface area contributed by atoms with Crippen LogP contribution in [0.15, 0.2) is 6.07 Å². The predicted molar refractivity (Wildman–Crippen MR) is 83.9 cm³/mol. The third-order valence-corrected chi connectivity index (χ3v) is 3.72. The van der Waals surface area contributed by atoms with Crippen molar-refractivity contribution in [1.82, 2.24) is 9.97 Å². The fraction of sp³-hybridized carbons (Fsp3) is 0.750. The molecule has 0 radical (unpaired) electrons. The summed E-state index contributed by atoms with van der Waals surface area (Å²) >= 11 is 0. The zero-order valence-corrected chi connectivity index (χ0v) is 13.2. The lowest BCUT2D eigenvalue weighted by Gasteiger charge is -2.23. The summed E-state index contributed by atoms with van der Waals surface area (Å²) in [6.07, 6.45) is 8.34. The summed E-state index contributed by atoms with van der Waals surface area (Å²) in [4.78, 5) is 9.07. The lowest BCUT2D eigenvalue weighted by molar-refractivity contribution is 0.143. The summed E-state index contributed by atoms with van der Waals surface area (Å²) < 4.78 is 10.7. The van der Waals surface area contributed by atoms with Crippen LogP contribution in [0.2, 0.25) is 0 Å². The second-order valence-corrected chi connectivity index (χ2v) is 5.58. The van der Waals surface area contributed by atoms with Gasteiger partial charge in [-0.1, -0.05) is 26.2 Å². The minimum absolute atomic E-state index is 0.516. The van der Waals surface area contributed by atoms with Gasteiger partial charge in [0.25, 0.3) is 0 Å². The summed E-state index contributed by atoms with van der Waals surface area (Å²) in [5.41, 5.74) is 0. The Balaban J connectivity index is 2.02. The first-order valence-electron chi connectivity index (χ1n) is 8.08. The lowest BCUT2D eigenvalue weighted by Crippen LogP contribution is -2.23. The number of rotatable bonds is 8. The summed E-state index contributed by atoms with van der Waals surface area (Å²) in [5.74, 6) is 2.39. The molecule has 0 bridgehead atoms. The highest BCUT2D eigenvalue weighted by Gasteiger charge is 2.14. The molecule has 0 unspecified atom stereocenters. The molecule has 2 rings (SSSR count). The van der Waals surface area contributed by atoms with Gasteiger partial charge in [0, 0.05) is 25.6 Å². The maximum Gasteiger partial charge on any atom is 0.218 e. The van der Waals surface area contributed by atoms with Gasteiger partial charge in [0.1, 0.15) is 18.2 Å². The Labute approximate surface area is 127 Å². The van der Waals surface area contributed by atoms with Crippen molar-refractivity contribution in [2.45, 2.75) is 57.9 Å². The molecule has 0 spiro atoms. The number of nitrogens with zero attached hydrogens (tertiary/aromatic N) is 2. The van der Waals surface area contributed by atoms with E-state index in [-0.39, 0.29) is 0 Å². The highest BCUT2D eigenvalue weighted by molar-refractivity contribution is 5.39. The normalized spacial score (nSPS) is 15.9. The fourth-order valence-corrected chi connectivity index (χ4v) is 2.64. The Bertz CT molecular complexity index is 420. The number of hydrogen-bond acceptors (Lipinski definition) is 5. The van der Waals surface area contributed by atoms with Crippen molar-refractivity contribution in [3.8, 4) is 5.88 Å². The summed E-state index contributed by atoms with van der Waals surface area (Å²) in [6, 6.07) is 2.44. The standard InChI is InChI=1S/C16H27N3O2/c1-3-7-14-18-15(17-13-8-5-4-6-9-13)12-16(19-14)21-11-10-20-2/h12-13H,3-11H2,1-2H3,(H,17,18,19).